The zero-order chi connectivity index (χ0) is 27.1. The Morgan fingerprint density at radius 3 is 2.49 bits per heavy atom. The maximum absolute atomic E-state index is 13.3. The molecule has 0 saturated heterocycles. The number of aromatic amines is 1. The van der Waals surface area contributed by atoms with Crippen molar-refractivity contribution in [2.24, 2.45) is 5.92 Å². The second-order valence-corrected chi connectivity index (χ2v) is 9.02. The highest BCUT2D eigenvalue weighted by molar-refractivity contribution is 6.38. The molecule has 0 aliphatic carbocycles. The van der Waals surface area contributed by atoms with E-state index in [0.717, 1.165) is 5.39 Å². The molecule has 0 radical (unpaired) electrons. The van der Waals surface area contributed by atoms with E-state index in [0.29, 0.717) is 23.3 Å². The van der Waals surface area contributed by atoms with Gasteiger partial charge in [0.2, 0.25) is 11.7 Å². The van der Waals surface area contributed by atoms with E-state index in [9.17, 15) is 19.2 Å². The first kappa shape index (κ1) is 27.2. The average Bonchev–Trinajstić information content (AvgIpc) is 3.32. The highest BCUT2D eigenvalue weighted by atomic mass is 16.5. The molecule has 3 aromatic rings. The largest absolute Gasteiger partial charge is 0.496 e. The second kappa shape index (κ2) is 12.0. The van der Waals surface area contributed by atoms with Crippen LogP contribution >= 0.6 is 0 Å². The van der Waals surface area contributed by atoms with E-state index in [1.807, 2.05) is 19.9 Å². The summed E-state index contributed by atoms with van der Waals surface area (Å²) in [6, 6.07) is 8.18. The smallest absolute Gasteiger partial charge is 0.289 e. The fourth-order valence-corrected chi connectivity index (χ4v) is 3.97. The van der Waals surface area contributed by atoms with Gasteiger partial charge in [0.15, 0.2) is 0 Å². The predicted octanol–water partition coefficient (Wildman–Crippen LogP) is 1.34. The molecule has 196 valence electrons. The summed E-state index contributed by atoms with van der Waals surface area (Å²) in [5.74, 6) is -1.95. The second-order valence-electron chi connectivity index (χ2n) is 9.02. The first-order chi connectivity index (χ1) is 17.6. The number of ether oxygens (including phenoxy) is 1. The number of nitrogen functional groups attached to an aromatic ring is 1. The SMILES string of the molecule is CNC(=O)C(=O)C(Cc1cccnc1N)NC(=O)C(CC(C)C)NC(=O)c1cc2c(OC)cccc2[nH]1. The van der Waals surface area contributed by atoms with Gasteiger partial charge in [-0.2, -0.15) is 0 Å². The molecule has 2 atom stereocenters. The predicted molar refractivity (Wildman–Crippen MR) is 139 cm³/mol. The van der Waals surface area contributed by atoms with Crippen molar-refractivity contribution in [3.63, 3.8) is 0 Å². The number of aromatic nitrogens is 2. The molecular weight excluding hydrogens is 476 g/mol. The van der Waals surface area contributed by atoms with Crippen molar-refractivity contribution in [3.05, 3.63) is 53.9 Å². The third-order valence-electron chi connectivity index (χ3n) is 5.85. The average molecular weight is 509 g/mol. The van der Waals surface area contributed by atoms with Gasteiger partial charge in [0.05, 0.1) is 7.11 Å². The van der Waals surface area contributed by atoms with Crippen LogP contribution < -0.4 is 26.4 Å². The van der Waals surface area contributed by atoms with Gasteiger partial charge in [-0.05, 0) is 42.2 Å². The number of nitrogens with two attached hydrogens (primary N) is 1. The van der Waals surface area contributed by atoms with Gasteiger partial charge in [0.1, 0.15) is 29.3 Å². The van der Waals surface area contributed by atoms with Crippen LogP contribution in [0.25, 0.3) is 10.9 Å². The summed E-state index contributed by atoms with van der Waals surface area (Å²) in [6.07, 6.45) is 1.76. The van der Waals surface area contributed by atoms with Crippen molar-refractivity contribution in [1.82, 2.24) is 25.9 Å². The molecule has 0 aliphatic rings. The number of H-pyrrole nitrogens is 1. The summed E-state index contributed by atoms with van der Waals surface area (Å²) in [7, 11) is 2.87. The lowest BCUT2D eigenvalue weighted by Crippen LogP contribution is -2.54. The lowest BCUT2D eigenvalue weighted by Gasteiger charge is -2.24. The summed E-state index contributed by atoms with van der Waals surface area (Å²) in [4.78, 5) is 58.4. The van der Waals surface area contributed by atoms with Crippen molar-refractivity contribution < 1.29 is 23.9 Å². The van der Waals surface area contributed by atoms with Crippen LogP contribution in [0.15, 0.2) is 42.6 Å². The number of likely N-dealkylation sites (N-methyl/N-ethyl adjacent to an activating group) is 1. The molecule has 37 heavy (non-hydrogen) atoms. The van der Waals surface area contributed by atoms with E-state index in [2.05, 4.69) is 25.9 Å². The van der Waals surface area contributed by atoms with Crippen LogP contribution in [0.1, 0.15) is 36.3 Å². The number of Topliss-reactive ketones (excluding diaryl/α,β-unsaturated/α-hetero) is 1. The van der Waals surface area contributed by atoms with Crippen LogP contribution in [0.2, 0.25) is 0 Å². The number of hydrogen-bond donors (Lipinski definition) is 5. The van der Waals surface area contributed by atoms with Gasteiger partial charge in [-0.15, -0.1) is 0 Å². The van der Waals surface area contributed by atoms with Crippen molar-refractivity contribution in [3.8, 4) is 5.75 Å². The van der Waals surface area contributed by atoms with Crippen LogP contribution in [0, 0.1) is 5.92 Å². The Morgan fingerprint density at radius 1 is 1.08 bits per heavy atom. The number of ketones is 1. The summed E-state index contributed by atoms with van der Waals surface area (Å²) in [5.41, 5.74) is 7.37. The molecule has 11 heteroatoms. The first-order valence-electron chi connectivity index (χ1n) is 11.9. The molecule has 1 aromatic carbocycles. The van der Waals surface area contributed by atoms with E-state index in [-0.39, 0.29) is 23.9 Å². The number of anilines is 1. The fraction of sp³-hybridized carbons (Fsp3) is 0.346. The lowest BCUT2D eigenvalue weighted by molar-refractivity contribution is -0.140. The van der Waals surface area contributed by atoms with Crippen molar-refractivity contribution in [2.45, 2.75) is 38.8 Å². The zero-order valence-electron chi connectivity index (χ0n) is 21.3. The number of pyridine rings is 1. The van der Waals surface area contributed by atoms with Crippen molar-refractivity contribution in [2.75, 3.05) is 19.9 Å². The van der Waals surface area contributed by atoms with E-state index in [1.54, 1.807) is 37.4 Å². The molecule has 11 nitrogen and oxygen atoms in total. The number of nitrogens with one attached hydrogen (secondary N) is 4. The van der Waals surface area contributed by atoms with E-state index < -0.39 is 35.6 Å². The highest BCUT2D eigenvalue weighted by Gasteiger charge is 2.31. The Balaban J connectivity index is 1.83. The minimum absolute atomic E-state index is 0.0399. The Bertz CT molecular complexity index is 1300. The first-order valence-corrected chi connectivity index (χ1v) is 11.9. The van der Waals surface area contributed by atoms with Gasteiger partial charge < -0.3 is 31.4 Å². The van der Waals surface area contributed by atoms with Gasteiger partial charge in [0.25, 0.3) is 11.8 Å². The number of hydrogen-bond acceptors (Lipinski definition) is 7. The number of carbonyl (C=O) groups excluding carboxylic acids is 4. The molecule has 3 amide bonds. The van der Waals surface area contributed by atoms with Crippen LogP contribution in [-0.2, 0) is 20.8 Å². The third-order valence-corrected chi connectivity index (χ3v) is 5.85. The number of fused-ring (bicyclic) bond motifs is 1. The van der Waals surface area contributed by atoms with Crippen LogP contribution in [0.4, 0.5) is 5.82 Å². The molecule has 0 aliphatic heterocycles. The molecule has 2 unspecified atom stereocenters. The summed E-state index contributed by atoms with van der Waals surface area (Å²) >= 11 is 0. The van der Waals surface area contributed by atoms with Crippen LogP contribution in [0.3, 0.4) is 0 Å². The fourth-order valence-electron chi connectivity index (χ4n) is 3.97. The maximum Gasteiger partial charge on any atom is 0.289 e. The maximum atomic E-state index is 13.3. The molecule has 0 spiro atoms. The number of benzene rings is 1. The quantitative estimate of drug-likeness (QED) is 0.244. The minimum Gasteiger partial charge on any atom is -0.496 e. The highest BCUT2D eigenvalue weighted by Crippen LogP contribution is 2.26. The normalized spacial score (nSPS) is 12.6. The molecule has 0 saturated carbocycles. The van der Waals surface area contributed by atoms with Crippen molar-refractivity contribution >= 4 is 40.2 Å². The third kappa shape index (κ3) is 6.63. The molecule has 2 heterocycles. The molecular formula is C26H32N6O5. The number of amides is 3. The molecule has 6 N–H and O–H groups in total. The summed E-state index contributed by atoms with van der Waals surface area (Å²) in [6.45, 7) is 3.81. The summed E-state index contributed by atoms with van der Waals surface area (Å²) < 4.78 is 5.35. The number of nitrogens with zero attached hydrogens (tertiary/aromatic N) is 1. The van der Waals surface area contributed by atoms with Gasteiger partial charge >= 0.3 is 0 Å². The van der Waals surface area contributed by atoms with Crippen LogP contribution in [-0.4, -0.2) is 59.7 Å². The number of methoxy groups -OCH3 is 1. The van der Waals surface area contributed by atoms with E-state index >= 15 is 0 Å². The monoisotopic (exact) mass is 508 g/mol. The number of carbonyl (C=O) groups is 4. The van der Waals surface area contributed by atoms with E-state index in [4.69, 9.17) is 10.5 Å². The topological polar surface area (TPSA) is 168 Å². The molecule has 0 fully saturated rings. The van der Waals surface area contributed by atoms with E-state index in [1.165, 1.54) is 13.2 Å². The lowest BCUT2D eigenvalue weighted by atomic mass is 9.99. The minimum atomic E-state index is -1.21. The standard InChI is InChI=1S/C26H32N6O5/c1-14(2)11-19(32-25(35)20-13-16-17(30-20)8-5-9-21(16)37-4)24(34)31-18(22(33)26(36)28-3)12-15-7-6-10-29-23(15)27/h5-10,13-14,18-19,30H,11-12H2,1-4H3,(H2,27,29)(H,28,36)(H,31,34)(H,32,35). The van der Waals surface area contributed by atoms with Crippen molar-refractivity contribution in [1.29, 1.82) is 0 Å². The Kier molecular flexibility index (Phi) is 8.83. The number of rotatable bonds is 11. The summed E-state index contributed by atoms with van der Waals surface area (Å²) in [5, 5.41) is 8.40. The molecule has 2 aromatic heterocycles. The Morgan fingerprint density at radius 2 is 1.84 bits per heavy atom. The van der Waals surface area contributed by atoms with Crippen LogP contribution in [0.5, 0.6) is 5.75 Å². The van der Waals surface area contributed by atoms with Gasteiger partial charge in [0, 0.05) is 30.6 Å². The van der Waals surface area contributed by atoms with Gasteiger partial charge in [-0.25, -0.2) is 4.98 Å². The zero-order valence-corrected chi connectivity index (χ0v) is 21.3. The van der Waals surface area contributed by atoms with Gasteiger partial charge in [-0.3, -0.25) is 19.2 Å². The Labute approximate surface area is 214 Å². The van der Waals surface area contributed by atoms with Gasteiger partial charge in [-0.1, -0.05) is 26.0 Å². The molecule has 3 rings (SSSR count). The Hall–Kier alpha value is -4.41. The molecule has 0 bridgehead atoms.